The van der Waals surface area contributed by atoms with Gasteiger partial charge in [-0.05, 0) is 30.9 Å². The van der Waals surface area contributed by atoms with Gasteiger partial charge in [0.25, 0.3) is 5.91 Å². The molecule has 10 nitrogen and oxygen atoms in total. The number of hydrogen-bond acceptors (Lipinski definition) is 8. The van der Waals surface area contributed by atoms with Crippen LogP contribution in [0.5, 0.6) is 11.6 Å². The summed E-state index contributed by atoms with van der Waals surface area (Å²) in [6.45, 7) is 4.51. The standard InChI is InChI=1S/C23H23ClN4O6S/c1-12(2)11-32-21-16(24)7-13(10-25-21)28-17-9-18-15(8-19(17)33-23(5-6-23)22(28)29)20(26-34-18)27-35(30,31)14-3-4-14/h7-10,12,14H,3-6,11H2,1-2H3,(H,26,27). The SMILES string of the molecule is CC(C)COc1ncc(N2C(=O)C3(CC3)Oc3cc4c(NS(=O)(=O)C5CC5)noc4cc32)cc1Cl. The number of carbonyl (C=O) groups is 1. The van der Waals surface area contributed by atoms with Crippen LogP contribution in [0, 0.1) is 5.92 Å². The molecule has 2 aliphatic carbocycles. The van der Waals surface area contributed by atoms with Crippen LogP contribution in [0.2, 0.25) is 5.02 Å². The van der Waals surface area contributed by atoms with E-state index in [0.29, 0.717) is 72.2 Å². The van der Waals surface area contributed by atoms with Gasteiger partial charge in [-0.3, -0.25) is 14.4 Å². The lowest BCUT2D eigenvalue weighted by Gasteiger charge is -2.34. The second kappa shape index (κ2) is 7.72. The van der Waals surface area contributed by atoms with Crippen molar-refractivity contribution in [3.8, 4) is 11.6 Å². The summed E-state index contributed by atoms with van der Waals surface area (Å²) in [6.07, 6.45) is 3.93. The Hall–Kier alpha value is -3.05. The molecule has 2 aromatic heterocycles. The highest BCUT2D eigenvalue weighted by molar-refractivity contribution is 7.93. The molecule has 0 unspecified atom stereocenters. The lowest BCUT2D eigenvalue weighted by molar-refractivity contribution is -0.127. The van der Waals surface area contributed by atoms with Gasteiger partial charge in [0.2, 0.25) is 15.9 Å². The van der Waals surface area contributed by atoms with Crippen molar-refractivity contribution in [1.82, 2.24) is 10.1 Å². The number of rotatable bonds is 7. The van der Waals surface area contributed by atoms with Crippen molar-refractivity contribution >= 4 is 55.7 Å². The number of aromatic nitrogens is 2. The molecule has 3 aliphatic rings. The van der Waals surface area contributed by atoms with Crippen molar-refractivity contribution < 1.29 is 27.2 Å². The van der Waals surface area contributed by atoms with Gasteiger partial charge in [-0.2, -0.15) is 0 Å². The fraction of sp³-hybridized carbons (Fsp3) is 0.435. The van der Waals surface area contributed by atoms with Crippen molar-refractivity contribution in [2.45, 2.75) is 50.4 Å². The lowest BCUT2D eigenvalue weighted by atomic mass is 10.1. The van der Waals surface area contributed by atoms with Gasteiger partial charge in [-0.25, -0.2) is 13.4 Å². The molecule has 12 heteroatoms. The highest BCUT2D eigenvalue weighted by atomic mass is 35.5. The van der Waals surface area contributed by atoms with E-state index in [0.717, 1.165) is 0 Å². The highest BCUT2D eigenvalue weighted by Crippen LogP contribution is 2.53. The molecule has 1 N–H and O–H groups in total. The van der Waals surface area contributed by atoms with Crippen molar-refractivity contribution in [3.05, 3.63) is 29.4 Å². The van der Waals surface area contributed by atoms with Gasteiger partial charge in [0.05, 0.1) is 34.8 Å². The summed E-state index contributed by atoms with van der Waals surface area (Å²) in [5.74, 6) is 0.888. The third-order valence-electron chi connectivity index (χ3n) is 6.20. The maximum Gasteiger partial charge on any atom is 0.275 e. The molecule has 6 rings (SSSR count). The van der Waals surface area contributed by atoms with Crippen LogP contribution < -0.4 is 19.1 Å². The van der Waals surface area contributed by atoms with Crippen molar-refractivity contribution in [2.75, 3.05) is 16.2 Å². The number of anilines is 3. The van der Waals surface area contributed by atoms with Gasteiger partial charge in [-0.15, -0.1) is 0 Å². The number of ether oxygens (including phenoxy) is 2. The summed E-state index contributed by atoms with van der Waals surface area (Å²) in [6, 6.07) is 4.89. The summed E-state index contributed by atoms with van der Waals surface area (Å²) in [7, 11) is -3.53. The second-order valence-corrected chi connectivity index (χ2v) is 12.0. The summed E-state index contributed by atoms with van der Waals surface area (Å²) in [5.41, 5.74) is 0.231. The second-order valence-electron chi connectivity index (χ2n) is 9.62. The molecular weight excluding hydrogens is 496 g/mol. The van der Waals surface area contributed by atoms with Crippen LogP contribution in [0.1, 0.15) is 39.5 Å². The Kier molecular flexibility index (Phi) is 4.95. The molecule has 3 aromatic rings. The monoisotopic (exact) mass is 518 g/mol. The smallest absolute Gasteiger partial charge is 0.275 e. The van der Waals surface area contributed by atoms with Crippen molar-refractivity contribution in [2.24, 2.45) is 5.92 Å². The van der Waals surface area contributed by atoms with Gasteiger partial charge >= 0.3 is 0 Å². The molecule has 1 amide bonds. The number of hydrogen-bond donors (Lipinski definition) is 1. The number of nitrogens with zero attached hydrogens (tertiary/aromatic N) is 3. The molecule has 0 atom stereocenters. The third-order valence-corrected chi connectivity index (χ3v) is 8.30. The van der Waals surface area contributed by atoms with Gasteiger partial charge in [0.15, 0.2) is 17.0 Å². The van der Waals surface area contributed by atoms with Crippen LogP contribution in [-0.4, -0.2) is 41.9 Å². The number of carbonyl (C=O) groups excluding carboxylic acids is 1. The predicted molar refractivity (Wildman–Crippen MR) is 129 cm³/mol. The third kappa shape index (κ3) is 3.86. The maximum absolute atomic E-state index is 13.5. The Bertz CT molecular complexity index is 1460. The van der Waals surface area contributed by atoms with E-state index in [-0.39, 0.29) is 16.7 Å². The molecule has 2 saturated carbocycles. The first kappa shape index (κ1) is 22.4. The number of fused-ring (bicyclic) bond motifs is 2. The Balaban J connectivity index is 1.40. The average molecular weight is 519 g/mol. The van der Waals surface area contributed by atoms with E-state index in [1.54, 1.807) is 18.2 Å². The quantitative estimate of drug-likeness (QED) is 0.488. The van der Waals surface area contributed by atoms with E-state index >= 15 is 0 Å². The van der Waals surface area contributed by atoms with E-state index < -0.39 is 20.9 Å². The highest BCUT2D eigenvalue weighted by Gasteiger charge is 2.58. The number of pyridine rings is 1. The molecule has 2 fully saturated rings. The predicted octanol–water partition coefficient (Wildman–Crippen LogP) is 4.40. The van der Waals surface area contributed by atoms with E-state index in [1.165, 1.54) is 11.1 Å². The van der Waals surface area contributed by atoms with Gasteiger partial charge in [0, 0.05) is 18.9 Å². The van der Waals surface area contributed by atoms with E-state index in [9.17, 15) is 13.2 Å². The summed E-state index contributed by atoms with van der Waals surface area (Å²) in [4.78, 5) is 19.3. The number of nitrogens with one attached hydrogen (secondary N) is 1. The van der Waals surface area contributed by atoms with Gasteiger partial charge in [-0.1, -0.05) is 30.6 Å². The Morgan fingerprint density at radius 3 is 2.71 bits per heavy atom. The minimum atomic E-state index is -3.53. The number of amides is 1. The topological polar surface area (TPSA) is 124 Å². The van der Waals surface area contributed by atoms with Crippen LogP contribution in [0.3, 0.4) is 0 Å². The molecule has 35 heavy (non-hydrogen) atoms. The number of benzene rings is 1. The lowest BCUT2D eigenvalue weighted by Crippen LogP contribution is -2.45. The van der Waals surface area contributed by atoms with Gasteiger partial charge in [0.1, 0.15) is 10.8 Å². The van der Waals surface area contributed by atoms with Gasteiger partial charge < -0.3 is 14.0 Å². The summed E-state index contributed by atoms with van der Waals surface area (Å²) in [5, 5.41) is 4.24. The first-order chi connectivity index (χ1) is 16.7. The molecule has 0 bridgehead atoms. The summed E-state index contributed by atoms with van der Waals surface area (Å²) >= 11 is 6.43. The zero-order valence-electron chi connectivity index (χ0n) is 19.1. The summed E-state index contributed by atoms with van der Waals surface area (Å²) < 4.78 is 44.6. The zero-order chi connectivity index (χ0) is 24.5. The van der Waals surface area contributed by atoms with Crippen LogP contribution in [0.4, 0.5) is 17.2 Å². The Morgan fingerprint density at radius 1 is 1.29 bits per heavy atom. The molecule has 184 valence electrons. The maximum atomic E-state index is 13.5. The van der Waals surface area contributed by atoms with Crippen LogP contribution in [0.15, 0.2) is 28.9 Å². The molecule has 1 aliphatic heterocycles. The molecule has 0 saturated heterocycles. The van der Waals surface area contributed by atoms with Crippen molar-refractivity contribution in [3.63, 3.8) is 0 Å². The first-order valence-electron chi connectivity index (χ1n) is 11.4. The molecule has 3 heterocycles. The van der Waals surface area contributed by atoms with Crippen LogP contribution >= 0.6 is 11.6 Å². The molecule has 1 aromatic carbocycles. The molecule has 1 spiro atoms. The Morgan fingerprint density at radius 2 is 2.06 bits per heavy atom. The minimum Gasteiger partial charge on any atom is -0.476 e. The largest absolute Gasteiger partial charge is 0.476 e. The fourth-order valence-electron chi connectivity index (χ4n) is 4.02. The minimum absolute atomic E-state index is 0.1000. The van der Waals surface area contributed by atoms with E-state index in [2.05, 4.69) is 14.9 Å². The molecule has 0 radical (unpaired) electrons. The zero-order valence-corrected chi connectivity index (χ0v) is 20.6. The fourth-order valence-corrected chi connectivity index (χ4v) is 5.58. The van der Waals surface area contributed by atoms with E-state index in [1.807, 2.05) is 13.8 Å². The van der Waals surface area contributed by atoms with Crippen LogP contribution in [-0.2, 0) is 14.8 Å². The number of sulfonamides is 1. The van der Waals surface area contributed by atoms with Crippen LogP contribution in [0.25, 0.3) is 11.0 Å². The van der Waals surface area contributed by atoms with Crippen molar-refractivity contribution in [1.29, 1.82) is 0 Å². The average Bonchev–Trinajstić information content (AvgIpc) is 3.72. The number of halogens is 1. The van der Waals surface area contributed by atoms with E-state index in [4.69, 9.17) is 25.6 Å². The normalized spacial score (nSPS) is 18.6. The Labute approximate surface area is 206 Å². The first-order valence-corrected chi connectivity index (χ1v) is 13.4. The molecular formula is C23H23ClN4O6S.